The summed E-state index contributed by atoms with van der Waals surface area (Å²) in [6, 6.07) is 25.9. The molecule has 1 saturated carbocycles. The summed E-state index contributed by atoms with van der Waals surface area (Å²) in [5, 5.41) is 27.3. The van der Waals surface area contributed by atoms with Crippen LogP contribution in [0.5, 0.6) is 11.5 Å². The van der Waals surface area contributed by atoms with Crippen LogP contribution in [0.15, 0.2) is 95.9 Å². The molecule has 2 bridgehead atoms. The van der Waals surface area contributed by atoms with E-state index in [1.165, 1.54) is 21.8 Å². The molecule has 2 aromatic heterocycles. The van der Waals surface area contributed by atoms with Gasteiger partial charge in [-0.3, -0.25) is 9.59 Å². The molecular weight excluding hydrogens is 739 g/mol. The number of hydrogen-bond acceptors (Lipinski definition) is 8. The monoisotopic (exact) mass is 791 g/mol. The van der Waals surface area contributed by atoms with Gasteiger partial charge in [0.2, 0.25) is 11.7 Å². The highest BCUT2D eigenvalue weighted by Gasteiger charge is 2.57. The van der Waals surface area contributed by atoms with Crippen LogP contribution in [0, 0.1) is 5.41 Å². The number of nitrogens with zero attached hydrogens (tertiary/aromatic N) is 1. The highest BCUT2D eigenvalue weighted by atomic mass is 32.1. The number of aliphatic hydroxyl groups excluding tert-OH is 1. The maximum absolute atomic E-state index is 14.7. The van der Waals surface area contributed by atoms with Crippen molar-refractivity contribution >= 4 is 44.5 Å². The van der Waals surface area contributed by atoms with Crippen molar-refractivity contribution in [2.75, 3.05) is 27.3 Å². The minimum absolute atomic E-state index is 0.0270. The van der Waals surface area contributed by atoms with E-state index in [0.29, 0.717) is 67.0 Å². The Hall–Kier alpha value is -4.28. The molecule has 1 fully saturated rings. The summed E-state index contributed by atoms with van der Waals surface area (Å²) in [5.41, 5.74) is 2.64. The molecule has 8 rings (SSSR count). The molecule has 5 aromatic rings. The summed E-state index contributed by atoms with van der Waals surface area (Å²) in [5.74, 6) is 0.939. The number of amides is 1. The SMILES string of the molecule is COc1ccc(CC(=O)N(CCc2cccs2)C[C@]2(O)CC[C@H]3c4ccc(cc4C(=O)c4cc5ccccc5s4)C[C@@H](O)CCC(C)=CCC[C@@]32C)cc1OC. The Morgan fingerprint density at radius 3 is 2.54 bits per heavy atom. The zero-order valence-electron chi connectivity index (χ0n) is 32.9. The van der Waals surface area contributed by atoms with Crippen molar-refractivity contribution in [2.45, 2.75) is 89.3 Å². The summed E-state index contributed by atoms with van der Waals surface area (Å²) in [6.07, 6.45) is 7.04. The van der Waals surface area contributed by atoms with Crippen molar-refractivity contribution in [3.05, 3.63) is 128 Å². The number of thiophene rings is 2. The summed E-state index contributed by atoms with van der Waals surface area (Å²) in [7, 11) is 3.18. The summed E-state index contributed by atoms with van der Waals surface area (Å²) in [4.78, 5) is 32.8. The second kappa shape index (κ2) is 17.1. The third-order valence-corrected chi connectivity index (χ3v) is 14.4. The van der Waals surface area contributed by atoms with Gasteiger partial charge in [0.1, 0.15) is 0 Å². The second-order valence-electron chi connectivity index (χ2n) is 15.9. The second-order valence-corrected chi connectivity index (χ2v) is 18.1. The number of hydrogen-bond donors (Lipinski definition) is 2. The minimum Gasteiger partial charge on any atom is -0.493 e. The Bertz CT molecular complexity index is 2170. The highest BCUT2D eigenvalue weighted by molar-refractivity contribution is 7.21. The molecular formula is C47H53NO6S2. The molecule has 294 valence electrons. The molecule has 3 aromatic carbocycles. The molecule has 4 atom stereocenters. The van der Waals surface area contributed by atoms with Crippen LogP contribution in [0.1, 0.15) is 95.1 Å². The van der Waals surface area contributed by atoms with E-state index in [0.717, 1.165) is 39.6 Å². The number of ketones is 1. The molecule has 1 amide bonds. The first-order chi connectivity index (χ1) is 27.0. The van der Waals surface area contributed by atoms with Crippen LogP contribution in [-0.2, 0) is 24.1 Å². The van der Waals surface area contributed by atoms with E-state index in [9.17, 15) is 19.8 Å². The smallest absolute Gasteiger partial charge is 0.227 e. The van der Waals surface area contributed by atoms with Crippen molar-refractivity contribution in [3.8, 4) is 11.5 Å². The third-order valence-electron chi connectivity index (χ3n) is 12.4. The molecule has 56 heavy (non-hydrogen) atoms. The standard InChI is InChI=1S/C47H53NO6S2/c1-31-9-7-21-46(2)39(37-17-14-32(25-35(49)16-13-31)26-38(37)45(51)43-29-34-10-5-6-12-42(34)56-43)19-22-47(46,52)30-48(23-20-36-11-8-24-55-36)44(50)28-33-15-18-40(53-3)41(27-33)54-4/h5-6,8-12,14-15,17-18,24,26-27,29,35,39,49,52H,7,13,16,19-23,25,28,30H2,1-4H3/t35-,39-,46-,47+/m0/s1. The van der Waals surface area contributed by atoms with Crippen LogP contribution in [-0.4, -0.2) is 65.8 Å². The van der Waals surface area contributed by atoms with E-state index in [1.54, 1.807) is 25.6 Å². The predicted octanol–water partition coefficient (Wildman–Crippen LogP) is 9.56. The third kappa shape index (κ3) is 8.37. The molecule has 0 spiro atoms. The summed E-state index contributed by atoms with van der Waals surface area (Å²) >= 11 is 3.18. The van der Waals surface area contributed by atoms with E-state index < -0.39 is 17.1 Å². The first-order valence-corrected chi connectivity index (χ1v) is 21.4. The first-order valence-electron chi connectivity index (χ1n) is 19.7. The van der Waals surface area contributed by atoms with E-state index in [-0.39, 0.29) is 30.6 Å². The van der Waals surface area contributed by atoms with Gasteiger partial charge in [0, 0.05) is 33.6 Å². The first kappa shape index (κ1) is 39.9. The number of methoxy groups -OCH3 is 2. The molecule has 9 heteroatoms. The summed E-state index contributed by atoms with van der Waals surface area (Å²) < 4.78 is 12.1. The fourth-order valence-corrected chi connectivity index (χ4v) is 10.7. The van der Waals surface area contributed by atoms with Gasteiger partial charge in [-0.25, -0.2) is 0 Å². The molecule has 0 radical (unpaired) electrons. The van der Waals surface area contributed by atoms with Crippen molar-refractivity contribution in [2.24, 2.45) is 5.41 Å². The van der Waals surface area contributed by atoms with Gasteiger partial charge in [-0.2, -0.15) is 0 Å². The predicted molar refractivity (Wildman–Crippen MR) is 227 cm³/mol. The maximum atomic E-state index is 14.7. The minimum atomic E-state index is -1.23. The molecule has 2 N–H and O–H groups in total. The van der Waals surface area contributed by atoms with Gasteiger partial charge in [0.05, 0.1) is 37.2 Å². The highest BCUT2D eigenvalue weighted by Crippen LogP contribution is 2.59. The van der Waals surface area contributed by atoms with Gasteiger partial charge in [-0.05, 0) is 128 Å². The van der Waals surface area contributed by atoms with E-state index >= 15 is 0 Å². The molecule has 3 aliphatic rings. The molecule has 0 saturated heterocycles. The Labute approximate surface area is 338 Å². The Balaban J connectivity index is 1.27. The molecule has 2 heterocycles. The number of carbonyl (C=O) groups excluding carboxylic acids is 2. The molecule has 0 aliphatic heterocycles. The van der Waals surface area contributed by atoms with Gasteiger partial charge in [0.25, 0.3) is 0 Å². The van der Waals surface area contributed by atoms with Gasteiger partial charge >= 0.3 is 0 Å². The maximum Gasteiger partial charge on any atom is 0.227 e. The van der Waals surface area contributed by atoms with Crippen molar-refractivity contribution in [3.63, 3.8) is 0 Å². The lowest BCUT2D eigenvalue weighted by Crippen LogP contribution is -2.54. The average molecular weight is 792 g/mol. The zero-order valence-corrected chi connectivity index (χ0v) is 34.5. The number of benzene rings is 3. The van der Waals surface area contributed by atoms with Crippen LogP contribution < -0.4 is 9.47 Å². The normalized spacial score (nSPS) is 22.6. The number of allylic oxidation sites excluding steroid dienone is 2. The number of rotatable bonds is 11. The van der Waals surface area contributed by atoms with E-state index in [2.05, 4.69) is 43.5 Å². The van der Waals surface area contributed by atoms with Crippen molar-refractivity contribution in [1.82, 2.24) is 4.90 Å². The summed E-state index contributed by atoms with van der Waals surface area (Å²) in [6.45, 7) is 4.96. The fourth-order valence-electron chi connectivity index (χ4n) is 9.01. The number of ether oxygens (including phenoxy) is 2. The number of aliphatic hydroxyl groups is 2. The lowest BCUT2D eigenvalue weighted by Gasteiger charge is -2.46. The van der Waals surface area contributed by atoms with Crippen LogP contribution in [0.2, 0.25) is 0 Å². The van der Waals surface area contributed by atoms with Gasteiger partial charge in [-0.1, -0.05) is 61.0 Å². The molecule has 3 aliphatic carbocycles. The number of carbonyl (C=O) groups is 2. The number of fused-ring (bicyclic) bond motifs is 9. The average Bonchev–Trinajstić information content (AvgIpc) is 3.94. The van der Waals surface area contributed by atoms with Crippen LogP contribution in [0.25, 0.3) is 10.1 Å². The van der Waals surface area contributed by atoms with Crippen LogP contribution in [0.3, 0.4) is 0 Å². The topological polar surface area (TPSA) is 96.3 Å². The van der Waals surface area contributed by atoms with E-state index in [4.69, 9.17) is 9.47 Å². The zero-order chi connectivity index (χ0) is 39.5. The van der Waals surface area contributed by atoms with Gasteiger partial charge in [-0.15, -0.1) is 22.7 Å². The fraction of sp³-hybridized carbons (Fsp3) is 0.404. The molecule has 0 unspecified atom stereocenters. The Morgan fingerprint density at radius 2 is 1.77 bits per heavy atom. The quantitative estimate of drug-likeness (QED) is 0.102. The van der Waals surface area contributed by atoms with Crippen molar-refractivity contribution in [1.29, 1.82) is 0 Å². The lowest BCUT2D eigenvalue weighted by molar-refractivity contribution is -0.139. The van der Waals surface area contributed by atoms with Gasteiger partial charge in [0.15, 0.2) is 11.5 Å². The van der Waals surface area contributed by atoms with Crippen molar-refractivity contribution < 1.29 is 29.3 Å². The van der Waals surface area contributed by atoms with Crippen LogP contribution in [0.4, 0.5) is 0 Å². The lowest BCUT2D eigenvalue weighted by atomic mass is 9.64. The Morgan fingerprint density at radius 1 is 0.946 bits per heavy atom. The Kier molecular flexibility index (Phi) is 12.2. The van der Waals surface area contributed by atoms with Gasteiger partial charge < -0.3 is 24.6 Å². The van der Waals surface area contributed by atoms with E-state index in [1.807, 2.05) is 65.6 Å². The largest absolute Gasteiger partial charge is 0.493 e. The molecule has 7 nitrogen and oxygen atoms in total. The van der Waals surface area contributed by atoms with Crippen LogP contribution >= 0.6 is 22.7 Å².